The number of piperidine rings is 1. The molecule has 1 saturated heterocycles. The van der Waals surface area contributed by atoms with Gasteiger partial charge in [-0.2, -0.15) is 26.3 Å². The highest BCUT2D eigenvalue weighted by Gasteiger charge is 2.66. The van der Waals surface area contributed by atoms with E-state index in [4.69, 9.17) is 11.1 Å². The molecule has 15 heteroatoms. The molecular weight excluding hydrogens is 450 g/mol. The lowest BCUT2D eigenvalue weighted by molar-refractivity contribution is -0.270. The third-order valence-corrected chi connectivity index (χ3v) is 5.66. The number of hydrogen-bond acceptors (Lipinski definition) is 8. The zero-order valence-electron chi connectivity index (χ0n) is 16.3. The largest absolute Gasteiger partial charge is 0.424 e. The van der Waals surface area contributed by atoms with Gasteiger partial charge in [-0.1, -0.05) is 0 Å². The highest BCUT2D eigenvalue weighted by atomic mass is 19.4. The van der Waals surface area contributed by atoms with E-state index in [0.717, 1.165) is 6.21 Å². The first-order chi connectivity index (χ1) is 14.7. The molecule has 0 spiro atoms. The first-order valence-corrected chi connectivity index (χ1v) is 9.44. The van der Waals surface area contributed by atoms with Gasteiger partial charge in [-0.3, -0.25) is 14.8 Å². The molecule has 3 aliphatic rings. The summed E-state index contributed by atoms with van der Waals surface area (Å²) >= 11 is 0. The molecule has 3 atom stereocenters. The summed E-state index contributed by atoms with van der Waals surface area (Å²) < 4.78 is 78.9. The second-order valence-electron chi connectivity index (χ2n) is 7.65. The topological polar surface area (TPSA) is 147 Å². The molecule has 3 aliphatic heterocycles. The minimum Gasteiger partial charge on any atom is -0.385 e. The van der Waals surface area contributed by atoms with Gasteiger partial charge in [0.05, 0.1) is 18.3 Å². The maximum absolute atomic E-state index is 13.6. The summed E-state index contributed by atoms with van der Waals surface area (Å²) in [5.41, 5.74) is -0.376. The van der Waals surface area contributed by atoms with Crippen LogP contribution in [0.1, 0.15) is 12.8 Å². The smallest absolute Gasteiger partial charge is 0.385 e. The number of aliphatic imine (C=N–C) groups is 2. The molecule has 1 amide bonds. The lowest BCUT2D eigenvalue weighted by Gasteiger charge is -2.42. The quantitative estimate of drug-likeness (QED) is 0.287. The van der Waals surface area contributed by atoms with Crippen molar-refractivity contribution < 1.29 is 41.4 Å². The molecule has 9 nitrogen and oxygen atoms in total. The van der Waals surface area contributed by atoms with Crippen molar-refractivity contribution in [3.63, 3.8) is 0 Å². The summed E-state index contributed by atoms with van der Waals surface area (Å²) in [6.07, 6.45) is -11.8. The predicted molar refractivity (Wildman–Crippen MR) is 99.0 cm³/mol. The SMILES string of the molecule is N=C(C1=C(N)NC(=O)C(O)C1(O)C(F)(F)F)C1CCN(C2=NCC(C(F)(F)F)N=C2)CC1. The van der Waals surface area contributed by atoms with Crippen molar-refractivity contribution in [2.45, 2.75) is 42.9 Å². The molecule has 0 saturated carbocycles. The number of aliphatic hydroxyl groups is 2. The highest BCUT2D eigenvalue weighted by molar-refractivity contribution is 6.29. The lowest BCUT2D eigenvalue weighted by Crippen LogP contribution is -2.67. The van der Waals surface area contributed by atoms with Crippen molar-refractivity contribution in [1.82, 2.24) is 10.2 Å². The van der Waals surface area contributed by atoms with Gasteiger partial charge in [0.15, 0.2) is 12.1 Å². The van der Waals surface area contributed by atoms with Crippen molar-refractivity contribution in [1.29, 1.82) is 5.41 Å². The van der Waals surface area contributed by atoms with Gasteiger partial charge in [0.1, 0.15) is 11.7 Å². The monoisotopic (exact) mass is 470 g/mol. The molecule has 3 unspecified atom stereocenters. The van der Waals surface area contributed by atoms with Gasteiger partial charge in [-0.15, -0.1) is 0 Å². The summed E-state index contributed by atoms with van der Waals surface area (Å²) in [5, 5.41) is 30.1. The Balaban J connectivity index is 1.74. The molecule has 0 radical (unpaired) electrons. The number of aliphatic hydroxyl groups excluding tert-OH is 1. The van der Waals surface area contributed by atoms with Crippen LogP contribution in [0, 0.1) is 11.3 Å². The van der Waals surface area contributed by atoms with Crippen LogP contribution in [0.2, 0.25) is 0 Å². The van der Waals surface area contributed by atoms with Crippen molar-refractivity contribution in [3.8, 4) is 0 Å². The van der Waals surface area contributed by atoms with E-state index in [9.17, 15) is 41.4 Å². The van der Waals surface area contributed by atoms with Gasteiger partial charge < -0.3 is 31.6 Å². The van der Waals surface area contributed by atoms with Crippen LogP contribution in [-0.2, 0) is 4.79 Å². The first kappa shape index (κ1) is 24.0. The van der Waals surface area contributed by atoms with Gasteiger partial charge in [0.25, 0.3) is 5.91 Å². The minimum absolute atomic E-state index is 0.0865. The maximum atomic E-state index is 13.6. The molecule has 32 heavy (non-hydrogen) atoms. The van der Waals surface area contributed by atoms with Gasteiger partial charge >= 0.3 is 12.4 Å². The Kier molecular flexibility index (Phi) is 6.01. The minimum atomic E-state index is -5.50. The van der Waals surface area contributed by atoms with E-state index in [1.54, 1.807) is 4.90 Å². The Hall–Kier alpha value is -2.68. The van der Waals surface area contributed by atoms with Gasteiger partial charge in [-0.25, -0.2) is 0 Å². The Labute approximate surface area is 177 Å². The fourth-order valence-corrected chi connectivity index (χ4v) is 3.84. The number of amides is 1. The van der Waals surface area contributed by atoms with Gasteiger partial charge in [-0.05, 0) is 12.8 Å². The summed E-state index contributed by atoms with van der Waals surface area (Å²) in [6.45, 7) is -0.299. The number of nitrogens with zero attached hydrogens (tertiary/aromatic N) is 3. The molecule has 0 bridgehead atoms. The van der Waals surface area contributed by atoms with Crippen LogP contribution in [0.5, 0.6) is 0 Å². The van der Waals surface area contributed by atoms with Crippen LogP contribution in [-0.4, -0.2) is 88.5 Å². The predicted octanol–water partition coefficient (Wildman–Crippen LogP) is 0.0864. The Morgan fingerprint density at radius 3 is 2.31 bits per heavy atom. The summed E-state index contributed by atoms with van der Waals surface area (Å²) in [6, 6.07) is -1.93. The Bertz CT molecular complexity index is 890. The zero-order valence-corrected chi connectivity index (χ0v) is 16.3. The van der Waals surface area contributed by atoms with Crippen LogP contribution in [0.3, 0.4) is 0 Å². The first-order valence-electron chi connectivity index (χ1n) is 9.44. The Morgan fingerprint density at radius 2 is 1.84 bits per heavy atom. The fourth-order valence-electron chi connectivity index (χ4n) is 3.84. The van der Waals surface area contributed by atoms with Crippen LogP contribution < -0.4 is 11.1 Å². The fraction of sp³-hybridized carbons (Fsp3) is 0.647. The van der Waals surface area contributed by atoms with E-state index in [2.05, 4.69) is 9.98 Å². The number of hydrogen-bond donors (Lipinski definition) is 5. The highest BCUT2D eigenvalue weighted by Crippen LogP contribution is 2.43. The van der Waals surface area contributed by atoms with Crippen LogP contribution in [0.4, 0.5) is 26.3 Å². The van der Waals surface area contributed by atoms with Crippen molar-refractivity contribution in [2.24, 2.45) is 21.6 Å². The average Bonchev–Trinajstić information content (AvgIpc) is 2.71. The molecule has 0 aromatic rings. The number of nitrogens with two attached hydrogens (primary N) is 1. The van der Waals surface area contributed by atoms with Gasteiger partial charge in [0.2, 0.25) is 5.60 Å². The Morgan fingerprint density at radius 1 is 1.25 bits per heavy atom. The zero-order chi connectivity index (χ0) is 24.1. The van der Waals surface area contributed by atoms with Gasteiger partial charge in [0, 0.05) is 24.7 Å². The number of carbonyl (C=O) groups excluding carboxylic acids is 1. The van der Waals surface area contributed by atoms with Crippen molar-refractivity contribution >= 4 is 23.7 Å². The third-order valence-electron chi connectivity index (χ3n) is 5.66. The van der Waals surface area contributed by atoms with Crippen LogP contribution >= 0.6 is 0 Å². The molecule has 3 heterocycles. The van der Waals surface area contributed by atoms with E-state index >= 15 is 0 Å². The normalized spacial score (nSPS) is 30.3. The molecule has 0 aromatic carbocycles. The number of carbonyl (C=O) groups is 1. The van der Waals surface area contributed by atoms with Crippen molar-refractivity contribution in [3.05, 3.63) is 11.4 Å². The number of alkyl halides is 6. The number of amidine groups is 1. The summed E-state index contributed by atoms with van der Waals surface area (Å²) in [5.74, 6) is -3.07. The molecule has 178 valence electrons. The molecule has 0 aliphatic carbocycles. The lowest BCUT2D eigenvalue weighted by atomic mass is 9.76. The van der Waals surface area contributed by atoms with Crippen LogP contribution in [0.15, 0.2) is 21.4 Å². The molecule has 3 rings (SSSR count). The standard InChI is InChI=1S/C17H20F6N6O3/c18-16(19,20)8-5-27-9(6-26-8)29-3-1-7(2-4-29)11(24)10-13(25)28-14(31)12(30)15(10,32)17(21,22)23/h6-8,12,24,30,32H,1-5,25H2,(H,28,31). The van der Waals surface area contributed by atoms with Crippen LogP contribution in [0.25, 0.3) is 0 Å². The van der Waals surface area contributed by atoms with E-state index < -0.39 is 65.6 Å². The molecular formula is C17H20F6N6O3. The average molecular weight is 470 g/mol. The number of likely N-dealkylation sites (tertiary alicyclic amines) is 1. The molecule has 1 fully saturated rings. The molecule has 0 aromatic heterocycles. The number of nitrogens with one attached hydrogen (secondary N) is 2. The third kappa shape index (κ3) is 4.05. The number of rotatable bonds is 2. The van der Waals surface area contributed by atoms with Crippen molar-refractivity contribution in [2.75, 3.05) is 19.6 Å². The summed E-state index contributed by atoms with van der Waals surface area (Å²) in [4.78, 5) is 20.5. The van der Waals surface area contributed by atoms with E-state index in [-0.39, 0.29) is 31.8 Å². The second-order valence-corrected chi connectivity index (χ2v) is 7.65. The van der Waals surface area contributed by atoms with E-state index in [1.165, 1.54) is 0 Å². The number of halogens is 6. The maximum Gasteiger partial charge on any atom is 0.424 e. The summed E-state index contributed by atoms with van der Waals surface area (Å²) in [7, 11) is 0. The van der Waals surface area contributed by atoms with E-state index in [1.807, 2.05) is 5.32 Å². The molecule has 6 N–H and O–H groups in total. The second kappa shape index (κ2) is 8.03. The van der Waals surface area contributed by atoms with E-state index in [0.29, 0.717) is 0 Å².